The smallest absolute Gasteiger partial charge is 0.416 e. The van der Waals surface area contributed by atoms with Crippen molar-refractivity contribution in [3.05, 3.63) is 65.2 Å². The molecule has 1 N–H and O–H groups in total. The summed E-state index contributed by atoms with van der Waals surface area (Å²) in [5, 5.41) is 3.99. The molecule has 0 saturated carbocycles. The minimum Gasteiger partial charge on any atom is -0.486 e. The van der Waals surface area contributed by atoms with Crippen LogP contribution in [0, 0.1) is 0 Å². The number of hydroxylamine groups is 1. The highest BCUT2D eigenvalue weighted by atomic mass is 19.4. The summed E-state index contributed by atoms with van der Waals surface area (Å²) in [7, 11) is 1.52. The first kappa shape index (κ1) is 22.7. The number of benzene rings is 2. The lowest BCUT2D eigenvalue weighted by Gasteiger charge is -2.09. The number of alkyl halides is 3. The first-order chi connectivity index (χ1) is 14.3. The van der Waals surface area contributed by atoms with Gasteiger partial charge in [-0.05, 0) is 54.4 Å². The van der Waals surface area contributed by atoms with Crippen LogP contribution in [0.25, 0.3) is 0 Å². The maximum Gasteiger partial charge on any atom is 0.416 e. The molecule has 0 spiro atoms. The lowest BCUT2D eigenvalue weighted by Crippen LogP contribution is -2.29. The fourth-order valence-electron chi connectivity index (χ4n) is 2.22. The highest BCUT2D eigenvalue weighted by Crippen LogP contribution is 2.29. The van der Waals surface area contributed by atoms with Crippen LogP contribution in [0.4, 0.5) is 13.2 Å². The minimum atomic E-state index is -4.37. The zero-order valence-corrected chi connectivity index (χ0v) is 16.3. The molecule has 0 unspecified atom stereocenters. The Morgan fingerprint density at radius 3 is 2.33 bits per heavy atom. The van der Waals surface area contributed by atoms with E-state index in [9.17, 15) is 18.0 Å². The molecule has 0 atom stereocenters. The van der Waals surface area contributed by atoms with Gasteiger partial charge in [0.25, 0.3) is 0 Å². The average Bonchev–Trinajstić information content (AvgIpc) is 2.74. The molecule has 7 nitrogen and oxygen atoms in total. The summed E-state index contributed by atoms with van der Waals surface area (Å²) in [5.41, 5.74) is 3.56. The van der Waals surface area contributed by atoms with Gasteiger partial charge in [-0.15, -0.1) is 0 Å². The number of nitrogens with one attached hydrogen (secondary N) is 1. The van der Waals surface area contributed by atoms with E-state index in [2.05, 4.69) is 20.5 Å². The van der Waals surface area contributed by atoms with Crippen LogP contribution in [0.1, 0.15) is 23.6 Å². The van der Waals surface area contributed by atoms with E-state index in [4.69, 9.17) is 9.57 Å². The molecule has 0 amide bonds. The molecule has 0 radical (unpaired) electrons. The number of rotatable bonds is 9. The van der Waals surface area contributed by atoms with E-state index < -0.39 is 11.7 Å². The fraction of sp³-hybridized carbons (Fsp3) is 0.250. The van der Waals surface area contributed by atoms with Gasteiger partial charge in [0.05, 0.1) is 11.3 Å². The van der Waals surface area contributed by atoms with Gasteiger partial charge in [0.1, 0.15) is 19.0 Å². The molecule has 2 aromatic rings. The van der Waals surface area contributed by atoms with Crippen molar-refractivity contribution in [2.24, 2.45) is 10.1 Å². The van der Waals surface area contributed by atoms with Crippen molar-refractivity contribution in [3.8, 4) is 5.75 Å². The number of hydrogen-bond donors (Lipinski definition) is 1. The van der Waals surface area contributed by atoms with Crippen molar-refractivity contribution in [3.63, 3.8) is 0 Å². The molecular formula is C20H20F3N3O4. The summed E-state index contributed by atoms with van der Waals surface area (Å²) in [6.07, 6.45) is -4.37. The van der Waals surface area contributed by atoms with Gasteiger partial charge < -0.3 is 14.4 Å². The zero-order chi connectivity index (χ0) is 22.0. The van der Waals surface area contributed by atoms with E-state index in [1.54, 1.807) is 31.2 Å². The standard InChI is InChI=1S/C20H20F3N3O4/c1-14(25-29-11-15-3-7-17(8-4-15)20(21,22)23)16-5-9-18(10-6-16)28-12-19(24-2)26-30-13-27/h3-10,13H,11-12H2,1-2H3,(H,24,26)/b25-14+. The molecule has 0 bridgehead atoms. The van der Waals surface area contributed by atoms with Crippen molar-refractivity contribution in [2.75, 3.05) is 13.7 Å². The van der Waals surface area contributed by atoms with Gasteiger partial charge in [-0.1, -0.05) is 17.3 Å². The molecule has 0 aliphatic heterocycles. The molecule has 160 valence electrons. The Morgan fingerprint density at radius 2 is 1.77 bits per heavy atom. The minimum absolute atomic E-state index is 0.0473. The van der Waals surface area contributed by atoms with Crippen molar-refractivity contribution < 1.29 is 32.4 Å². The van der Waals surface area contributed by atoms with E-state index in [1.807, 2.05) is 0 Å². The molecule has 0 saturated heterocycles. The number of hydrogen-bond acceptors (Lipinski definition) is 6. The Bertz CT molecular complexity index is 880. The summed E-state index contributed by atoms with van der Waals surface area (Å²) in [4.78, 5) is 23.7. The van der Waals surface area contributed by atoms with E-state index in [1.165, 1.54) is 19.2 Å². The monoisotopic (exact) mass is 423 g/mol. The van der Waals surface area contributed by atoms with E-state index in [-0.39, 0.29) is 19.7 Å². The lowest BCUT2D eigenvalue weighted by atomic mass is 10.1. The summed E-state index contributed by atoms with van der Waals surface area (Å²) >= 11 is 0. The van der Waals surface area contributed by atoms with Gasteiger partial charge in [-0.3, -0.25) is 9.79 Å². The summed E-state index contributed by atoms with van der Waals surface area (Å²) in [6.45, 7) is 2.10. The molecule has 30 heavy (non-hydrogen) atoms. The Kier molecular flexibility index (Phi) is 8.21. The van der Waals surface area contributed by atoms with E-state index in [0.29, 0.717) is 22.9 Å². The highest BCUT2D eigenvalue weighted by Gasteiger charge is 2.29. The largest absolute Gasteiger partial charge is 0.486 e. The number of halogens is 3. The van der Waals surface area contributed by atoms with Gasteiger partial charge in [0.15, 0.2) is 5.84 Å². The average molecular weight is 423 g/mol. The van der Waals surface area contributed by atoms with Crippen molar-refractivity contribution in [1.29, 1.82) is 0 Å². The second-order valence-corrected chi connectivity index (χ2v) is 5.94. The van der Waals surface area contributed by atoms with Crippen LogP contribution in [0.2, 0.25) is 0 Å². The van der Waals surface area contributed by atoms with Gasteiger partial charge in [-0.2, -0.15) is 13.2 Å². The van der Waals surface area contributed by atoms with Gasteiger partial charge in [0, 0.05) is 7.05 Å². The normalized spacial score (nSPS) is 12.3. The molecule has 0 fully saturated rings. The SMILES string of the molecule is CN=C(COc1ccc(/C(C)=N/OCc2ccc(C(F)(F)F)cc2)cc1)NOC=O. The number of amidine groups is 1. The lowest BCUT2D eigenvalue weighted by molar-refractivity contribution is -0.137. The van der Waals surface area contributed by atoms with Crippen molar-refractivity contribution in [2.45, 2.75) is 19.7 Å². The Morgan fingerprint density at radius 1 is 1.10 bits per heavy atom. The maximum absolute atomic E-state index is 12.6. The Balaban J connectivity index is 1.87. The first-order valence-corrected chi connectivity index (χ1v) is 8.70. The van der Waals surface area contributed by atoms with Crippen molar-refractivity contribution >= 4 is 18.0 Å². The van der Waals surface area contributed by atoms with Crippen LogP contribution in [0.5, 0.6) is 5.75 Å². The number of nitrogens with zero attached hydrogens (tertiary/aromatic N) is 2. The topological polar surface area (TPSA) is 81.5 Å². The van der Waals surface area contributed by atoms with Gasteiger partial charge in [0.2, 0.25) is 0 Å². The zero-order valence-electron chi connectivity index (χ0n) is 16.3. The Labute approximate surface area is 171 Å². The third-order valence-electron chi connectivity index (χ3n) is 3.86. The molecule has 0 heterocycles. The molecule has 0 aromatic heterocycles. The van der Waals surface area contributed by atoms with Crippen LogP contribution < -0.4 is 10.2 Å². The number of aliphatic imine (C=N–C) groups is 1. The maximum atomic E-state index is 12.6. The quantitative estimate of drug-likeness (QED) is 0.288. The summed E-state index contributed by atoms with van der Waals surface area (Å²) < 4.78 is 43.2. The van der Waals surface area contributed by atoms with Crippen LogP contribution in [-0.4, -0.2) is 31.7 Å². The fourth-order valence-corrected chi connectivity index (χ4v) is 2.22. The molecule has 2 rings (SSSR count). The highest BCUT2D eigenvalue weighted by molar-refractivity contribution is 5.98. The summed E-state index contributed by atoms with van der Waals surface area (Å²) in [6, 6.07) is 11.7. The third kappa shape index (κ3) is 7.12. The number of oxime groups is 1. The second-order valence-electron chi connectivity index (χ2n) is 5.94. The van der Waals surface area contributed by atoms with Gasteiger partial charge >= 0.3 is 12.6 Å². The molecule has 2 aromatic carbocycles. The number of carbonyl (C=O) groups excluding carboxylic acids is 1. The molecule has 0 aliphatic rings. The molecule has 10 heteroatoms. The molecular weight excluding hydrogens is 403 g/mol. The van der Waals surface area contributed by atoms with Crippen molar-refractivity contribution in [1.82, 2.24) is 5.48 Å². The van der Waals surface area contributed by atoms with Crippen LogP contribution >= 0.6 is 0 Å². The summed E-state index contributed by atoms with van der Waals surface area (Å²) in [5.74, 6) is 0.895. The van der Waals surface area contributed by atoms with Crippen LogP contribution in [0.3, 0.4) is 0 Å². The predicted octanol–water partition coefficient (Wildman–Crippen LogP) is 3.73. The van der Waals surface area contributed by atoms with E-state index in [0.717, 1.165) is 17.7 Å². The predicted molar refractivity (Wildman–Crippen MR) is 104 cm³/mol. The van der Waals surface area contributed by atoms with Crippen LogP contribution in [-0.2, 0) is 27.3 Å². The molecule has 0 aliphatic carbocycles. The van der Waals surface area contributed by atoms with Crippen LogP contribution in [0.15, 0.2) is 58.7 Å². The second kappa shape index (κ2) is 10.8. The first-order valence-electron chi connectivity index (χ1n) is 8.70. The Hall–Kier alpha value is -3.56. The third-order valence-corrected chi connectivity index (χ3v) is 3.86. The van der Waals surface area contributed by atoms with Gasteiger partial charge in [-0.25, -0.2) is 5.48 Å². The number of ether oxygens (including phenoxy) is 1. The van der Waals surface area contributed by atoms with E-state index >= 15 is 0 Å². The number of carbonyl (C=O) groups is 1.